The van der Waals surface area contributed by atoms with Crippen molar-refractivity contribution in [2.24, 2.45) is 0 Å². The molecule has 0 radical (unpaired) electrons. The number of ether oxygens (including phenoxy) is 2. The fourth-order valence-electron chi connectivity index (χ4n) is 3.49. The SMILES string of the molecule is CCCCCCCCCCCCOC(C)C(=O)Oc1ccc(-c2ccc(O)cc2)cc1. The Labute approximate surface area is 187 Å². The van der Waals surface area contributed by atoms with Crippen LogP contribution >= 0.6 is 0 Å². The van der Waals surface area contributed by atoms with Crippen LogP contribution in [-0.4, -0.2) is 23.8 Å². The van der Waals surface area contributed by atoms with E-state index < -0.39 is 6.10 Å². The van der Waals surface area contributed by atoms with Crippen LogP contribution in [0.4, 0.5) is 0 Å². The van der Waals surface area contributed by atoms with Gasteiger partial charge in [0.25, 0.3) is 0 Å². The van der Waals surface area contributed by atoms with Crippen molar-refractivity contribution in [3.05, 3.63) is 48.5 Å². The largest absolute Gasteiger partial charge is 0.508 e. The fraction of sp³-hybridized carbons (Fsp3) is 0.519. The van der Waals surface area contributed by atoms with Crippen molar-refractivity contribution in [2.75, 3.05) is 6.61 Å². The average Bonchev–Trinajstić information content (AvgIpc) is 2.78. The standard InChI is InChI=1S/C27H38O4/c1-3-4-5-6-7-8-9-10-11-12-21-30-22(2)27(29)31-26-19-15-24(16-20-26)23-13-17-25(28)18-14-23/h13-20,22,28H,3-12,21H2,1-2H3. The highest BCUT2D eigenvalue weighted by atomic mass is 16.6. The molecule has 2 rings (SSSR count). The lowest BCUT2D eigenvalue weighted by Crippen LogP contribution is -2.26. The predicted octanol–water partition coefficient (Wildman–Crippen LogP) is 7.29. The monoisotopic (exact) mass is 426 g/mol. The maximum absolute atomic E-state index is 12.2. The van der Waals surface area contributed by atoms with Gasteiger partial charge in [-0.15, -0.1) is 0 Å². The Balaban J connectivity index is 1.58. The highest BCUT2D eigenvalue weighted by Gasteiger charge is 2.15. The highest BCUT2D eigenvalue weighted by molar-refractivity contribution is 5.77. The molecule has 0 spiro atoms. The van der Waals surface area contributed by atoms with Crippen molar-refractivity contribution in [1.82, 2.24) is 0 Å². The summed E-state index contributed by atoms with van der Waals surface area (Å²) in [6.45, 7) is 4.58. The predicted molar refractivity (Wildman–Crippen MR) is 126 cm³/mol. The van der Waals surface area contributed by atoms with Gasteiger partial charge < -0.3 is 14.6 Å². The molecule has 1 unspecified atom stereocenters. The molecule has 1 N–H and O–H groups in total. The minimum absolute atomic E-state index is 0.237. The average molecular weight is 427 g/mol. The van der Waals surface area contributed by atoms with Gasteiger partial charge in [0.2, 0.25) is 0 Å². The highest BCUT2D eigenvalue weighted by Crippen LogP contribution is 2.24. The summed E-state index contributed by atoms with van der Waals surface area (Å²) in [6, 6.07) is 14.3. The Morgan fingerprint density at radius 1 is 0.774 bits per heavy atom. The molecule has 0 amide bonds. The molecule has 0 bridgehead atoms. The first-order chi connectivity index (χ1) is 15.1. The number of hydrogen-bond donors (Lipinski definition) is 1. The van der Waals surface area contributed by atoms with E-state index in [1.165, 1.54) is 51.4 Å². The van der Waals surface area contributed by atoms with Crippen molar-refractivity contribution in [3.63, 3.8) is 0 Å². The van der Waals surface area contributed by atoms with E-state index in [9.17, 15) is 9.90 Å². The molecule has 0 fully saturated rings. The summed E-state index contributed by atoms with van der Waals surface area (Å²) in [7, 11) is 0. The van der Waals surface area contributed by atoms with Gasteiger partial charge in [-0.3, -0.25) is 0 Å². The molecular weight excluding hydrogens is 388 g/mol. The number of esters is 1. The molecule has 0 aromatic heterocycles. The van der Waals surface area contributed by atoms with Gasteiger partial charge in [0, 0.05) is 6.61 Å². The molecule has 4 nitrogen and oxygen atoms in total. The molecular formula is C27H38O4. The van der Waals surface area contributed by atoms with Gasteiger partial charge in [-0.25, -0.2) is 4.79 Å². The van der Waals surface area contributed by atoms with E-state index in [1.807, 2.05) is 24.3 Å². The van der Waals surface area contributed by atoms with Gasteiger partial charge in [-0.1, -0.05) is 89.0 Å². The third-order valence-electron chi connectivity index (χ3n) is 5.47. The summed E-state index contributed by atoms with van der Waals surface area (Å²) in [6.07, 6.45) is 12.2. The van der Waals surface area contributed by atoms with Crippen molar-refractivity contribution in [2.45, 2.75) is 84.2 Å². The van der Waals surface area contributed by atoms with Crippen LogP contribution in [0.5, 0.6) is 11.5 Å². The summed E-state index contributed by atoms with van der Waals surface area (Å²) >= 11 is 0. The van der Waals surface area contributed by atoms with E-state index in [-0.39, 0.29) is 11.7 Å². The molecule has 2 aromatic rings. The lowest BCUT2D eigenvalue weighted by atomic mass is 10.1. The second kappa shape index (κ2) is 14.6. The third-order valence-corrected chi connectivity index (χ3v) is 5.47. The second-order valence-corrected chi connectivity index (χ2v) is 8.19. The quantitative estimate of drug-likeness (QED) is 0.184. The molecule has 0 saturated carbocycles. The van der Waals surface area contributed by atoms with Crippen LogP contribution in [0.1, 0.15) is 78.1 Å². The number of carbonyl (C=O) groups excluding carboxylic acids is 1. The number of aromatic hydroxyl groups is 1. The van der Waals surface area contributed by atoms with Crippen LogP contribution < -0.4 is 4.74 Å². The third kappa shape index (κ3) is 10.0. The van der Waals surface area contributed by atoms with Gasteiger partial charge in [0.1, 0.15) is 11.5 Å². The number of rotatable bonds is 15. The zero-order valence-corrected chi connectivity index (χ0v) is 19.1. The molecule has 0 heterocycles. The molecule has 31 heavy (non-hydrogen) atoms. The molecule has 0 aliphatic rings. The van der Waals surface area contributed by atoms with Crippen molar-refractivity contribution in [3.8, 4) is 22.6 Å². The van der Waals surface area contributed by atoms with Crippen molar-refractivity contribution >= 4 is 5.97 Å². The van der Waals surface area contributed by atoms with Crippen LogP contribution in [0.2, 0.25) is 0 Å². The lowest BCUT2D eigenvalue weighted by Gasteiger charge is -2.13. The maximum atomic E-state index is 12.2. The zero-order chi connectivity index (χ0) is 22.3. The van der Waals surface area contributed by atoms with Crippen LogP contribution in [0, 0.1) is 0 Å². The first-order valence-corrected chi connectivity index (χ1v) is 11.8. The van der Waals surface area contributed by atoms with E-state index in [4.69, 9.17) is 9.47 Å². The Morgan fingerprint density at radius 3 is 1.81 bits per heavy atom. The van der Waals surface area contributed by atoms with Crippen LogP contribution in [-0.2, 0) is 9.53 Å². The Bertz CT molecular complexity index is 737. The van der Waals surface area contributed by atoms with E-state index in [0.29, 0.717) is 12.4 Å². The normalized spacial score (nSPS) is 11.9. The van der Waals surface area contributed by atoms with Crippen LogP contribution in [0.3, 0.4) is 0 Å². The minimum atomic E-state index is -0.574. The van der Waals surface area contributed by atoms with Gasteiger partial charge in [-0.05, 0) is 48.7 Å². The Hall–Kier alpha value is -2.33. The van der Waals surface area contributed by atoms with E-state index in [0.717, 1.165) is 24.0 Å². The summed E-state index contributed by atoms with van der Waals surface area (Å²) in [5, 5.41) is 9.39. The van der Waals surface area contributed by atoms with Gasteiger partial charge in [0.15, 0.2) is 6.10 Å². The summed E-state index contributed by atoms with van der Waals surface area (Å²) in [4.78, 5) is 12.2. The van der Waals surface area contributed by atoms with E-state index >= 15 is 0 Å². The molecule has 2 aromatic carbocycles. The molecule has 1 atom stereocenters. The molecule has 0 saturated heterocycles. The zero-order valence-electron chi connectivity index (χ0n) is 19.1. The number of carbonyl (C=O) groups is 1. The molecule has 170 valence electrons. The smallest absolute Gasteiger partial charge is 0.340 e. The number of hydrogen-bond acceptors (Lipinski definition) is 4. The van der Waals surface area contributed by atoms with Gasteiger partial charge in [0.05, 0.1) is 0 Å². The first kappa shape index (κ1) is 24.9. The van der Waals surface area contributed by atoms with Crippen LogP contribution in [0.15, 0.2) is 48.5 Å². The molecule has 0 aliphatic carbocycles. The Morgan fingerprint density at radius 2 is 1.26 bits per heavy atom. The van der Waals surface area contributed by atoms with E-state index in [1.54, 1.807) is 31.2 Å². The van der Waals surface area contributed by atoms with Crippen molar-refractivity contribution in [1.29, 1.82) is 0 Å². The second-order valence-electron chi connectivity index (χ2n) is 8.19. The summed E-state index contributed by atoms with van der Waals surface area (Å²) in [5.74, 6) is 0.368. The van der Waals surface area contributed by atoms with Gasteiger partial charge in [-0.2, -0.15) is 0 Å². The van der Waals surface area contributed by atoms with E-state index in [2.05, 4.69) is 6.92 Å². The fourth-order valence-corrected chi connectivity index (χ4v) is 3.49. The Kier molecular flexibility index (Phi) is 11.8. The lowest BCUT2D eigenvalue weighted by molar-refractivity contribution is -0.146. The van der Waals surface area contributed by atoms with Gasteiger partial charge >= 0.3 is 5.97 Å². The topological polar surface area (TPSA) is 55.8 Å². The molecule has 4 heteroatoms. The molecule has 0 aliphatic heterocycles. The number of benzene rings is 2. The number of phenolic OH excluding ortho intramolecular Hbond substituents is 1. The number of phenols is 1. The van der Waals surface area contributed by atoms with Crippen molar-refractivity contribution < 1.29 is 19.4 Å². The van der Waals surface area contributed by atoms with Crippen LogP contribution in [0.25, 0.3) is 11.1 Å². The summed E-state index contributed by atoms with van der Waals surface area (Å²) in [5.41, 5.74) is 1.98. The minimum Gasteiger partial charge on any atom is -0.508 e. The summed E-state index contributed by atoms with van der Waals surface area (Å²) < 4.78 is 11.1. The number of unbranched alkanes of at least 4 members (excludes halogenated alkanes) is 9. The maximum Gasteiger partial charge on any atom is 0.340 e. The first-order valence-electron chi connectivity index (χ1n) is 11.8.